The van der Waals surface area contributed by atoms with Gasteiger partial charge in [-0.2, -0.15) is 0 Å². The lowest BCUT2D eigenvalue weighted by molar-refractivity contribution is 0.188. The Labute approximate surface area is 113 Å². The van der Waals surface area contributed by atoms with Gasteiger partial charge < -0.3 is 10.1 Å². The van der Waals surface area contributed by atoms with Crippen LogP contribution in [0.25, 0.3) is 0 Å². The topological polar surface area (TPSA) is 21.3 Å². The van der Waals surface area contributed by atoms with Crippen molar-refractivity contribution in [2.75, 3.05) is 20.3 Å². The monoisotopic (exact) mass is 273 g/mol. The van der Waals surface area contributed by atoms with E-state index >= 15 is 0 Å². The van der Waals surface area contributed by atoms with Crippen LogP contribution in [-0.2, 0) is 11.2 Å². The van der Waals surface area contributed by atoms with Gasteiger partial charge >= 0.3 is 0 Å². The van der Waals surface area contributed by atoms with Crippen molar-refractivity contribution >= 4 is 11.6 Å². The highest BCUT2D eigenvalue weighted by molar-refractivity contribution is 6.31. The first kappa shape index (κ1) is 15.4. The van der Waals surface area contributed by atoms with Crippen molar-refractivity contribution in [1.82, 2.24) is 5.32 Å². The number of ether oxygens (including phenoxy) is 1. The predicted molar refractivity (Wildman–Crippen MR) is 73.7 cm³/mol. The van der Waals surface area contributed by atoms with Crippen LogP contribution in [0, 0.1) is 5.82 Å². The molecule has 0 aliphatic heterocycles. The molecule has 1 unspecified atom stereocenters. The molecule has 1 atom stereocenters. The van der Waals surface area contributed by atoms with E-state index in [0.717, 1.165) is 26.0 Å². The van der Waals surface area contributed by atoms with E-state index in [0.29, 0.717) is 17.0 Å². The quantitative estimate of drug-likeness (QED) is 0.733. The zero-order chi connectivity index (χ0) is 13.4. The molecule has 1 N–H and O–H groups in total. The summed E-state index contributed by atoms with van der Waals surface area (Å²) in [6, 6.07) is 5.06. The molecule has 102 valence electrons. The molecular weight excluding hydrogens is 253 g/mol. The molecular formula is C14H21ClFNO. The van der Waals surface area contributed by atoms with E-state index in [9.17, 15) is 4.39 Å². The van der Waals surface area contributed by atoms with Gasteiger partial charge in [0.25, 0.3) is 0 Å². The number of halogens is 2. The molecule has 0 saturated heterocycles. The third-order valence-electron chi connectivity index (χ3n) is 2.91. The Kier molecular flexibility index (Phi) is 7.25. The van der Waals surface area contributed by atoms with Crippen molar-refractivity contribution in [1.29, 1.82) is 0 Å². The number of likely N-dealkylation sites (N-methyl/N-ethyl adjacent to an activating group) is 1. The first-order valence-corrected chi connectivity index (χ1v) is 6.72. The van der Waals surface area contributed by atoms with E-state index in [-0.39, 0.29) is 11.9 Å². The second-order valence-corrected chi connectivity index (χ2v) is 4.70. The maximum atomic E-state index is 13.7. The second-order valence-electron chi connectivity index (χ2n) is 4.29. The highest BCUT2D eigenvalue weighted by atomic mass is 35.5. The molecule has 0 aliphatic carbocycles. The molecule has 1 aromatic carbocycles. The number of hydrogen-bond donors (Lipinski definition) is 1. The van der Waals surface area contributed by atoms with Gasteiger partial charge in [-0.15, -0.1) is 0 Å². The molecule has 0 amide bonds. The summed E-state index contributed by atoms with van der Waals surface area (Å²) in [5.41, 5.74) is 0.600. The van der Waals surface area contributed by atoms with Crippen LogP contribution >= 0.6 is 11.6 Å². The van der Waals surface area contributed by atoms with E-state index in [1.54, 1.807) is 19.2 Å². The number of hydrogen-bond acceptors (Lipinski definition) is 2. The number of rotatable bonds is 8. The molecule has 18 heavy (non-hydrogen) atoms. The Balaban J connectivity index is 2.64. The number of methoxy groups -OCH3 is 1. The molecule has 0 heterocycles. The first-order valence-electron chi connectivity index (χ1n) is 6.34. The van der Waals surface area contributed by atoms with Crippen LogP contribution in [-0.4, -0.2) is 26.3 Å². The molecule has 0 fully saturated rings. The van der Waals surface area contributed by atoms with Crippen molar-refractivity contribution in [3.63, 3.8) is 0 Å². The van der Waals surface area contributed by atoms with Crippen LogP contribution in [0.2, 0.25) is 5.02 Å². The van der Waals surface area contributed by atoms with Crippen molar-refractivity contribution in [2.24, 2.45) is 0 Å². The molecule has 1 rings (SSSR count). The fraction of sp³-hybridized carbons (Fsp3) is 0.571. The molecule has 0 radical (unpaired) electrons. The van der Waals surface area contributed by atoms with Gasteiger partial charge in [0.2, 0.25) is 0 Å². The van der Waals surface area contributed by atoms with Gasteiger partial charge in [-0.3, -0.25) is 0 Å². The molecule has 0 aliphatic rings. The third-order valence-corrected chi connectivity index (χ3v) is 3.26. The summed E-state index contributed by atoms with van der Waals surface area (Å²) < 4.78 is 18.7. The van der Waals surface area contributed by atoms with Crippen LogP contribution in [0.15, 0.2) is 18.2 Å². The van der Waals surface area contributed by atoms with Gasteiger partial charge in [0.05, 0.1) is 0 Å². The minimum atomic E-state index is -0.225. The summed E-state index contributed by atoms with van der Waals surface area (Å²) in [7, 11) is 1.69. The Bertz CT molecular complexity index is 339. The third kappa shape index (κ3) is 4.92. The number of benzene rings is 1. The largest absolute Gasteiger partial charge is 0.385 e. The summed E-state index contributed by atoms with van der Waals surface area (Å²) in [6.45, 7) is 3.64. The van der Waals surface area contributed by atoms with E-state index in [2.05, 4.69) is 5.32 Å². The van der Waals surface area contributed by atoms with Crippen molar-refractivity contribution in [2.45, 2.75) is 32.2 Å². The number of nitrogens with one attached hydrogen (secondary N) is 1. The lowest BCUT2D eigenvalue weighted by Crippen LogP contribution is -2.31. The molecule has 0 bridgehead atoms. The lowest BCUT2D eigenvalue weighted by Gasteiger charge is -2.18. The van der Waals surface area contributed by atoms with Gasteiger partial charge in [0.15, 0.2) is 0 Å². The summed E-state index contributed by atoms with van der Waals surface area (Å²) in [4.78, 5) is 0. The average molecular weight is 274 g/mol. The summed E-state index contributed by atoms with van der Waals surface area (Å²) in [6.07, 6.45) is 2.52. The zero-order valence-electron chi connectivity index (χ0n) is 11.0. The van der Waals surface area contributed by atoms with Crippen LogP contribution in [0.4, 0.5) is 4.39 Å². The van der Waals surface area contributed by atoms with Crippen LogP contribution < -0.4 is 5.32 Å². The molecule has 2 nitrogen and oxygen atoms in total. The molecule has 0 saturated carbocycles. The van der Waals surface area contributed by atoms with Crippen molar-refractivity contribution in [3.05, 3.63) is 34.6 Å². The minimum Gasteiger partial charge on any atom is -0.385 e. The Morgan fingerprint density at radius 3 is 2.83 bits per heavy atom. The van der Waals surface area contributed by atoms with Gasteiger partial charge in [0, 0.05) is 30.3 Å². The van der Waals surface area contributed by atoms with Crippen LogP contribution in [0.5, 0.6) is 0 Å². The fourth-order valence-corrected chi connectivity index (χ4v) is 2.25. The molecule has 1 aromatic rings. The molecule has 4 heteroatoms. The standard InChI is InChI=1S/C14H21ClFNO/c1-3-17-11(6-5-9-18-2)10-12-13(15)7-4-8-14(12)16/h4,7-8,11,17H,3,5-6,9-10H2,1-2H3. The summed E-state index contributed by atoms with van der Waals surface area (Å²) >= 11 is 6.04. The Hall–Kier alpha value is -0.640. The van der Waals surface area contributed by atoms with Gasteiger partial charge in [-0.1, -0.05) is 24.6 Å². The van der Waals surface area contributed by atoms with Gasteiger partial charge in [-0.05, 0) is 37.9 Å². The predicted octanol–water partition coefficient (Wildman–Crippen LogP) is 3.43. The second kappa shape index (κ2) is 8.46. The SMILES string of the molecule is CCNC(CCCOC)Cc1c(F)cccc1Cl. The van der Waals surface area contributed by atoms with Gasteiger partial charge in [-0.25, -0.2) is 4.39 Å². The zero-order valence-corrected chi connectivity index (χ0v) is 11.8. The lowest BCUT2D eigenvalue weighted by atomic mass is 10.0. The van der Waals surface area contributed by atoms with Gasteiger partial charge in [0.1, 0.15) is 5.82 Å². The minimum absolute atomic E-state index is 0.225. The first-order chi connectivity index (χ1) is 8.69. The van der Waals surface area contributed by atoms with Crippen LogP contribution in [0.1, 0.15) is 25.3 Å². The van der Waals surface area contributed by atoms with Crippen molar-refractivity contribution < 1.29 is 9.13 Å². The maximum Gasteiger partial charge on any atom is 0.127 e. The smallest absolute Gasteiger partial charge is 0.127 e. The van der Waals surface area contributed by atoms with E-state index < -0.39 is 0 Å². The normalized spacial score (nSPS) is 12.7. The summed E-state index contributed by atoms with van der Waals surface area (Å²) in [5, 5.41) is 3.87. The van der Waals surface area contributed by atoms with Crippen molar-refractivity contribution in [3.8, 4) is 0 Å². The van der Waals surface area contributed by atoms with E-state index in [4.69, 9.17) is 16.3 Å². The fourth-order valence-electron chi connectivity index (χ4n) is 2.01. The Morgan fingerprint density at radius 1 is 1.44 bits per heavy atom. The van der Waals surface area contributed by atoms with E-state index in [1.807, 2.05) is 6.92 Å². The highest BCUT2D eigenvalue weighted by Gasteiger charge is 2.13. The Morgan fingerprint density at radius 2 is 2.22 bits per heavy atom. The van der Waals surface area contributed by atoms with E-state index in [1.165, 1.54) is 6.07 Å². The summed E-state index contributed by atoms with van der Waals surface area (Å²) in [5.74, 6) is -0.225. The van der Waals surface area contributed by atoms with Crippen LogP contribution in [0.3, 0.4) is 0 Å². The average Bonchev–Trinajstić information content (AvgIpc) is 2.34. The highest BCUT2D eigenvalue weighted by Crippen LogP contribution is 2.21. The molecule has 0 spiro atoms. The molecule has 0 aromatic heterocycles. The maximum absolute atomic E-state index is 13.7.